The summed E-state index contributed by atoms with van der Waals surface area (Å²) in [6.07, 6.45) is 5.29. The van der Waals surface area contributed by atoms with Crippen molar-refractivity contribution in [2.45, 2.75) is 31.7 Å². The van der Waals surface area contributed by atoms with Crippen molar-refractivity contribution in [3.8, 4) is 0 Å². The molecular weight excluding hydrogens is 249 g/mol. The molecule has 0 amide bonds. The highest BCUT2D eigenvalue weighted by Gasteiger charge is 2.43. The fraction of sp³-hybridized carbons (Fsp3) is 0.600. The van der Waals surface area contributed by atoms with Crippen molar-refractivity contribution in [1.82, 2.24) is 5.32 Å². The van der Waals surface area contributed by atoms with Crippen LogP contribution < -0.4 is 5.32 Å². The molecular formula is C15H19ClFN. The first kappa shape index (κ1) is 12.4. The number of halogens is 2. The Labute approximate surface area is 113 Å². The molecule has 1 nitrogen and oxygen atoms in total. The van der Waals surface area contributed by atoms with Gasteiger partial charge in [0.25, 0.3) is 0 Å². The minimum Gasteiger partial charge on any atom is -0.313 e. The van der Waals surface area contributed by atoms with Gasteiger partial charge in [0.15, 0.2) is 0 Å². The highest BCUT2D eigenvalue weighted by molar-refractivity contribution is 6.30. The predicted octanol–water partition coefficient (Wildman–Crippen LogP) is 4.18. The Morgan fingerprint density at radius 3 is 2.72 bits per heavy atom. The van der Waals surface area contributed by atoms with Crippen molar-refractivity contribution in [3.05, 3.63) is 34.6 Å². The van der Waals surface area contributed by atoms with E-state index >= 15 is 0 Å². The molecule has 1 aromatic carbocycles. The lowest BCUT2D eigenvalue weighted by Gasteiger charge is -2.31. The Bertz CT molecular complexity index is 448. The van der Waals surface area contributed by atoms with E-state index in [-0.39, 0.29) is 11.9 Å². The summed E-state index contributed by atoms with van der Waals surface area (Å²) in [4.78, 5) is 0. The number of nitrogens with one attached hydrogen (secondary N) is 1. The summed E-state index contributed by atoms with van der Waals surface area (Å²) in [5.74, 6) is 2.07. The summed E-state index contributed by atoms with van der Waals surface area (Å²) in [7, 11) is 1.94. The van der Waals surface area contributed by atoms with Crippen LogP contribution in [0.2, 0.25) is 5.02 Å². The van der Waals surface area contributed by atoms with Gasteiger partial charge in [-0.1, -0.05) is 24.1 Å². The molecule has 2 saturated carbocycles. The lowest BCUT2D eigenvalue weighted by atomic mass is 9.80. The quantitative estimate of drug-likeness (QED) is 0.866. The average molecular weight is 268 g/mol. The van der Waals surface area contributed by atoms with Crippen LogP contribution in [0.4, 0.5) is 4.39 Å². The molecule has 1 N–H and O–H groups in total. The summed E-state index contributed by atoms with van der Waals surface area (Å²) in [5, 5.41) is 3.79. The molecule has 2 aliphatic rings. The molecule has 0 heterocycles. The monoisotopic (exact) mass is 267 g/mol. The van der Waals surface area contributed by atoms with Crippen molar-refractivity contribution in [3.63, 3.8) is 0 Å². The van der Waals surface area contributed by atoms with Gasteiger partial charge in [0.1, 0.15) is 5.82 Å². The summed E-state index contributed by atoms with van der Waals surface area (Å²) >= 11 is 5.83. The van der Waals surface area contributed by atoms with E-state index in [9.17, 15) is 4.39 Å². The summed E-state index contributed by atoms with van der Waals surface area (Å²) < 4.78 is 14.1. The maximum absolute atomic E-state index is 14.1. The molecule has 2 fully saturated rings. The maximum atomic E-state index is 14.1. The third kappa shape index (κ3) is 2.06. The van der Waals surface area contributed by atoms with Crippen molar-refractivity contribution in [1.29, 1.82) is 0 Å². The van der Waals surface area contributed by atoms with E-state index in [1.54, 1.807) is 6.07 Å². The molecule has 2 aliphatic carbocycles. The van der Waals surface area contributed by atoms with Crippen LogP contribution in [0, 0.1) is 23.6 Å². The SMILES string of the molecule is CNC(c1ccc(Cl)cc1F)C1CC2CCC1C2. The second-order valence-electron chi connectivity index (χ2n) is 5.77. The molecule has 0 aromatic heterocycles. The van der Waals surface area contributed by atoms with Crippen molar-refractivity contribution in [2.75, 3.05) is 7.05 Å². The second kappa shape index (κ2) is 4.82. The van der Waals surface area contributed by atoms with E-state index in [4.69, 9.17) is 11.6 Å². The van der Waals surface area contributed by atoms with E-state index in [0.717, 1.165) is 17.4 Å². The Morgan fingerprint density at radius 1 is 1.33 bits per heavy atom. The molecule has 1 aromatic rings. The van der Waals surface area contributed by atoms with E-state index in [1.165, 1.54) is 31.7 Å². The van der Waals surface area contributed by atoms with Gasteiger partial charge in [0.05, 0.1) is 0 Å². The molecule has 0 spiro atoms. The number of hydrogen-bond acceptors (Lipinski definition) is 1. The summed E-state index contributed by atoms with van der Waals surface area (Å²) in [5.41, 5.74) is 0.777. The first-order chi connectivity index (χ1) is 8.69. The van der Waals surface area contributed by atoms with E-state index < -0.39 is 0 Å². The van der Waals surface area contributed by atoms with Crippen LogP contribution in [0.3, 0.4) is 0 Å². The smallest absolute Gasteiger partial charge is 0.129 e. The van der Waals surface area contributed by atoms with Gasteiger partial charge in [-0.2, -0.15) is 0 Å². The summed E-state index contributed by atoms with van der Waals surface area (Å²) in [6, 6.07) is 5.19. The topological polar surface area (TPSA) is 12.0 Å². The van der Waals surface area contributed by atoms with Crippen LogP contribution in [-0.4, -0.2) is 7.05 Å². The molecule has 4 atom stereocenters. The lowest BCUT2D eigenvalue weighted by molar-refractivity contribution is 0.255. The van der Waals surface area contributed by atoms with Crippen molar-refractivity contribution < 1.29 is 4.39 Å². The Morgan fingerprint density at radius 2 is 2.17 bits per heavy atom. The number of rotatable bonds is 3. The molecule has 2 bridgehead atoms. The number of fused-ring (bicyclic) bond motifs is 2. The molecule has 4 unspecified atom stereocenters. The molecule has 0 radical (unpaired) electrons. The van der Waals surface area contributed by atoms with Crippen LogP contribution in [0.25, 0.3) is 0 Å². The third-order valence-electron chi connectivity index (χ3n) is 4.83. The zero-order valence-corrected chi connectivity index (χ0v) is 11.4. The fourth-order valence-electron chi connectivity index (χ4n) is 4.06. The Balaban J connectivity index is 1.88. The van der Waals surface area contributed by atoms with Gasteiger partial charge in [-0.25, -0.2) is 4.39 Å². The molecule has 3 rings (SSSR count). The molecule has 3 heteroatoms. The van der Waals surface area contributed by atoms with Gasteiger partial charge >= 0.3 is 0 Å². The molecule has 0 aliphatic heterocycles. The highest BCUT2D eigenvalue weighted by Crippen LogP contribution is 2.52. The van der Waals surface area contributed by atoms with Gasteiger partial charge in [-0.05, 0) is 56.2 Å². The zero-order valence-electron chi connectivity index (χ0n) is 10.6. The standard InChI is InChI=1S/C15H19ClFN/c1-18-15(12-5-4-11(16)8-14(12)17)13-7-9-2-3-10(13)6-9/h4-5,8-10,13,15,18H,2-3,6-7H2,1H3. The molecule has 0 saturated heterocycles. The van der Waals surface area contributed by atoms with Crippen molar-refractivity contribution in [2.24, 2.45) is 17.8 Å². The third-order valence-corrected chi connectivity index (χ3v) is 5.06. The minimum absolute atomic E-state index is 0.137. The largest absolute Gasteiger partial charge is 0.313 e. The number of hydrogen-bond donors (Lipinski definition) is 1. The normalized spacial score (nSPS) is 31.8. The van der Waals surface area contributed by atoms with Crippen LogP contribution in [0.15, 0.2) is 18.2 Å². The summed E-state index contributed by atoms with van der Waals surface area (Å²) in [6.45, 7) is 0. The highest BCUT2D eigenvalue weighted by atomic mass is 35.5. The van der Waals surface area contributed by atoms with Crippen LogP contribution >= 0.6 is 11.6 Å². The Kier molecular flexibility index (Phi) is 3.33. The van der Waals surface area contributed by atoms with E-state index in [0.29, 0.717) is 10.9 Å². The van der Waals surface area contributed by atoms with Crippen LogP contribution in [0.5, 0.6) is 0 Å². The van der Waals surface area contributed by atoms with Gasteiger partial charge in [0, 0.05) is 16.6 Å². The van der Waals surface area contributed by atoms with E-state index in [1.807, 2.05) is 13.1 Å². The first-order valence-corrected chi connectivity index (χ1v) is 7.19. The van der Waals surface area contributed by atoms with Gasteiger partial charge < -0.3 is 5.32 Å². The first-order valence-electron chi connectivity index (χ1n) is 6.81. The molecule has 98 valence electrons. The van der Waals surface area contributed by atoms with Gasteiger partial charge in [-0.3, -0.25) is 0 Å². The van der Waals surface area contributed by atoms with Crippen LogP contribution in [0.1, 0.15) is 37.3 Å². The number of benzene rings is 1. The second-order valence-corrected chi connectivity index (χ2v) is 6.21. The van der Waals surface area contributed by atoms with Crippen LogP contribution in [-0.2, 0) is 0 Å². The van der Waals surface area contributed by atoms with E-state index in [2.05, 4.69) is 5.32 Å². The zero-order chi connectivity index (χ0) is 12.7. The van der Waals surface area contributed by atoms with Crippen molar-refractivity contribution >= 4 is 11.6 Å². The van der Waals surface area contributed by atoms with Gasteiger partial charge in [0.2, 0.25) is 0 Å². The predicted molar refractivity (Wildman–Crippen MR) is 72.1 cm³/mol. The molecule has 18 heavy (non-hydrogen) atoms. The van der Waals surface area contributed by atoms with Gasteiger partial charge in [-0.15, -0.1) is 0 Å². The maximum Gasteiger partial charge on any atom is 0.129 e. The lowest BCUT2D eigenvalue weighted by Crippen LogP contribution is -2.29. The minimum atomic E-state index is -0.176. The fourth-order valence-corrected chi connectivity index (χ4v) is 4.21. The average Bonchev–Trinajstić information content (AvgIpc) is 2.95. The Hall–Kier alpha value is -0.600.